The summed E-state index contributed by atoms with van der Waals surface area (Å²) < 4.78 is 13.0. The summed E-state index contributed by atoms with van der Waals surface area (Å²) in [5.74, 6) is -0.508. The first kappa shape index (κ1) is 19.0. The van der Waals surface area contributed by atoms with Crippen molar-refractivity contribution in [3.63, 3.8) is 0 Å². The number of anilines is 1. The van der Waals surface area contributed by atoms with E-state index in [9.17, 15) is 14.3 Å². The van der Waals surface area contributed by atoms with Gasteiger partial charge < -0.3 is 15.1 Å². The largest absolute Gasteiger partial charge is 0.478 e. The smallest absolute Gasteiger partial charge is 0.337 e. The Kier molecular flexibility index (Phi) is 6.16. The molecule has 0 spiro atoms. The van der Waals surface area contributed by atoms with E-state index in [2.05, 4.69) is 14.8 Å². The number of halogens is 1. The SMILES string of the molecule is O=C(O)c1ccc(N2CCN(C(C=Cc3ccc(F)cc3)CO)CC2)nc1. The number of aliphatic hydroxyl groups is 1. The molecule has 0 radical (unpaired) electrons. The number of hydrogen-bond acceptors (Lipinski definition) is 5. The van der Waals surface area contributed by atoms with E-state index in [4.69, 9.17) is 5.11 Å². The summed E-state index contributed by atoms with van der Waals surface area (Å²) in [4.78, 5) is 19.4. The molecule has 3 rings (SSSR count). The Morgan fingerprint density at radius 1 is 1.15 bits per heavy atom. The summed E-state index contributed by atoms with van der Waals surface area (Å²) in [6.07, 6.45) is 5.19. The molecule has 1 aromatic heterocycles. The molecule has 7 heteroatoms. The molecule has 2 heterocycles. The Hall–Kier alpha value is -2.77. The van der Waals surface area contributed by atoms with Crippen molar-refractivity contribution in [2.75, 3.05) is 37.7 Å². The van der Waals surface area contributed by atoms with Crippen molar-refractivity contribution in [3.8, 4) is 0 Å². The van der Waals surface area contributed by atoms with Crippen LogP contribution in [0.15, 0.2) is 48.7 Å². The van der Waals surface area contributed by atoms with E-state index in [-0.39, 0.29) is 24.0 Å². The van der Waals surface area contributed by atoms with Gasteiger partial charge in [-0.05, 0) is 29.8 Å². The third-order valence-electron chi connectivity index (χ3n) is 4.67. The Morgan fingerprint density at radius 2 is 1.85 bits per heavy atom. The van der Waals surface area contributed by atoms with Gasteiger partial charge in [0.1, 0.15) is 11.6 Å². The Labute approximate surface area is 157 Å². The van der Waals surface area contributed by atoms with Crippen LogP contribution in [-0.2, 0) is 0 Å². The maximum atomic E-state index is 13.0. The molecule has 0 bridgehead atoms. The normalized spacial score (nSPS) is 16.6. The number of rotatable bonds is 6. The molecule has 1 saturated heterocycles. The molecule has 1 aromatic carbocycles. The number of aliphatic hydroxyl groups excluding tert-OH is 1. The van der Waals surface area contributed by atoms with Crippen LogP contribution < -0.4 is 4.90 Å². The minimum absolute atomic E-state index is 0.00323. The minimum atomic E-state index is -0.988. The van der Waals surface area contributed by atoms with Gasteiger partial charge in [-0.25, -0.2) is 14.2 Å². The number of piperazine rings is 1. The molecular weight excluding hydrogens is 349 g/mol. The number of aromatic carboxylic acids is 1. The van der Waals surface area contributed by atoms with Gasteiger partial charge in [0.05, 0.1) is 18.2 Å². The monoisotopic (exact) mass is 371 g/mol. The second-order valence-corrected chi connectivity index (χ2v) is 6.39. The average molecular weight is 371 g/mol. The minimum Gasteiger partial charge on any atom is -0.478 e. The molecule has 142 valence electrons. The third kappa shape index (κ3) is 4.90. The lowest BCUT2D eigenvalue weighted by Crippen LogP contribution is -2.51. The first-order valence-corrected chi connectivity index (χ1v) is 8.80. The summed E-state index contributed by atoms with van der Waals surface area (Å²) in [7, 11) is 0. The van der Waals surface area contributed by atoms with Gasteiger partial charge in [-0.3, -0.25) is 4.90 Å². The fraction of sp³-hybridized carbons (Fsp3) is 0.300. The molecule has 1 atom stereocenters. The molecule has 0 aliphatic carbocycles. The Bertz CT molecular complexity index is 785. The van der Waals surface area contributed by atoms with Gasteiger partial charge in [-0.2, -0.15) is 0 Å². The van der Waals surface area contributed by atoms with Crippen molar-refractivity contribution < 1.29 is 19.4 Å². The van der Waals surface area contributed by atoms with Gasteiger partial charge in [0.2, 0.25) is 0 Å². The number of carboxylic acid groups (broad SMARTS) is 1. The van der Waals surface area contributed by atoms with Crippen LogP contribution in [0.3, 0.4) is 0 Å². The second-order valence-electron chi connectivity index (χ2n) is 6.39. The van der Waals surface area contributed by atoms with Crippen LogP contribution in [0.1, 0.15) is 15.9 Å². The summed E-state index contributed by atoms with van der Waals surface area (Å²) >= 11 is 0. The summed E-state index contributed by atoms with van der Waals surface area (Å²) in [5.41, 5.74) is 1.06. The number of benzene rings is 1. The van der Waals surface area contributed by atoms with Gasteiger partial charge in [0, 0.05) is 32.4 Å². The van der Waals surface area contributed by atoms with Crippen LogP contribution in [-0.4, -0.2) is 64.9 Å². The van der Waals surface area contributed by atoms with Gasteiger partial charge >= 0.3 is 5.97 Å². The molecular formula is C20H22FN3O3. The van der Waals surface area contributed by atoms with E-state index >= 15 is 0 Å². The summed E-state index contributed by atoms with van der Waals surface area (Å²) in [5, 5.41) is 18.7. The van der Waals surface area contributed by atoms with E-state index in [1.165, 1.54) is 18.3 Å². The molecule has 1 aliphatic rings. The van der Waals surface area contributed by atoms with Crippen molar-refractivity contribution in [1.29, 1.82) is 0 Å². The highest BCUT2D eigenvalue weighted by Crippen LogP contribution is 2.16. The highest BCUT2D eigenvalue weighted by Gasteiger charge is 2.22. The maximum Gasteiger partial charge on any atom is 0.337 e. The summed E-state index contributed by atoms with van der Waals surface area (Å²) in [6.45, 7) is 2.98. The maximum absolute atomic E-state index is 13.0. The Balaban J connectivity index is 1.58. The van der Waals surface area contributed by atoms with Gasteiger partial charge in [0.25, 0.3) is 0 Å². The van der Waals surface area contributed by atoms with Crippen LogP contribution in [0.25, 0.3) is 6.08 Å². The first-order valence-electron chi connectivity index (χ1n) is 8.80. The highest BCUT2D eigenvalue weighted by atomic mass is 19.1. The van der Waals surface area contributed by atoms with Crippen LogP contribution in [0.2, 0.25) is 0 Å². The number of carboxylic acids is 1. The number of nitrogens with zero attached hydrogens (tertiary/aromatic N) is 3. The van der Waals surface area contributed by atoms with E-state index in [1.807, 2.05) is 12.2 Å². The van der Waals surface area contributed by atoms with Crippen LogP contribution >= 0.6 is 0 Å². The number of pyridine rings is 1. The molecule has 1 aliphatic heterocycles. The van der Waals surface area contributed by atoms with E-state index in [0.717, 1.165) is 37.6 Å². The second kappa shape index (κ2) is 8.75. The predicted molar refractivity (Wildman–Crippen MR) is 101 cm³/mol. The van der Waals surface area contributed by atoms with Gasteiger partial charge in [-0.1, -0.05) is 24.3 Å². The zero-order valence-electron chi connectivity index (χ0n) is 14.8. The lowest BCUT2D eigenvalue weighted by atomic mass is 10.1. The number of carbonyl (C=O) groups is 1. The van der Waals surface area contributed by atoms with Crippen LogP contribution in [0.4, 0.5) is 10.2 Å². The molecule has 2 N–H and O–H groups in total. The zero-order valence-corrected chi connectivity index (χ0v) is 14.8. The van der Waals surface area contributed by atoms with Gasteiger partial charge in [0.15, 0.2) is 0 Å². The molecule has 1 fully saturated rings. The fourth-order valence-corrected chi connectivity index (χ4v) is 3.08. The topological polar surface area (TPSA) is 76.9 Å². The number of aromatic nitrogens is 1. The molecule has 6 nitrogen and oxygen atoms in total. The van der Waals surface area contributed by atoms with Crippen molar-refractivity contribution in [1.82, 2.24) is 9.88 Å². The van der Waals surface area contributed by atoms with Crippen LogP contribution in [0, 0.1) is 5.82 Å². The lowest BCUT2D eigenvalue weighted by molar-refractivity contribution is 0.0696. The van der Waals surface area contributed by atoms with Crippen molar-refractivity contribution in [2.45, 2.75) is 6.04 Å². The molecule has 0 saturated carbocycles. The molecule has 2 aromatic rings. The van der Waals surface area contributed by atoms with Crippen molar-refractivity contribution in [2.24, 2.45) is 0 Å². The van der Waals surface area contributed by atoms with Crippen molar-refractivity contribution >= 4 is 17.9 Å². The average Bonchev–Trinajstić information content (AvgIpc) is 2.70. The zero-order chi connectivity index (χ0) is 19.2. The fourth-order valence-electron chi connectivity index (χ4n) is 3.08. The number of hydrogen-bond donors (Lipinski definition) is 2. The van der Waals surface area contributed by atoms with Crippen molar-refractivity contribution in [3.05, 3.63) is 65.6 Å². The van der Waals surface area contributed by atoms with Crippen LogP contribution in [0.5, 0.6) is 0 Å². The predicted octanol–water partition coefficient (Wildman–Crippen LogP) is 2.12. The Morgan fingerprint density at radius 3 is 2.41 bits per heavy atom. The highest BCUT2D eigenvalue weighted by molar-refractivity contribution is 5.87. The summed E-state index contributed by atoms with van der Waals surface area (Å²) in [6, 6.07) is 9.38. The standard InChI is InChI=1S/C20H22FN3O3/c21-17-5-1-15(2-6-17)3-7-18(14-25)23-9-11-24(12-10-23)19-8-4-16(13-22-19)20(26)27/h1-8,13,18,25H,9-12,14H2,(H,26,27). The molecule has 27 heavy (non-hydrogen) atoms. The quantitative estimate of drug-likeness (QED) is 0.810. The molecule has 0 amide bonds. The van der Waals surface area contributed by atoms with E-state index in [1.54, 1.807) is 24.3 Å². The van der Waals surface area contributed by atoms with E-state index in [0.29, 0.717) is 0 Å². The van der Waals surface area contributed by atoms with Gasteiger partial charge in [-0.15, -0.1) is 0 Å². The van der Waals surface area contributed by atoms with E-state index < -0.39 is 5.97 Å². The first-order chi connectivity index (χ1) is 13.1. The lowest BCUT2D eigenvalue weighted by Gasteiger charge is -2.38. The third-order valence-corrected chi connectivity index (χ3v) is 4.67. The molecule has 1 unspecified atom stereocenters.